The van der Waals surface area contributed by atoms with Crippen LogP contribution < -0.4 is 0 Å². The van der Waals surface area contributed by atoms with Gasteiger partial charge in [-0.2, -0.15) is 0 Å². The zero-order chi connectivity index (χ0) is 6.69. The molecule has 1 aliphatic rings. The van der Waals surface area contributed by atoms with Gasteiger partial charge in [-0.15, -0.1) is 0 Å². The minimum Gasteiger partial charge on any atom is -0.432 e. The van der Waals surface area contributed by atoms with Crippen LogP contribution in [-0.2, 0) is 14.3 Å². The molecule has 1 aliphatic heterocycles. The SMILES string of the molecule is CC(=O)OC1C=CCO1. The van der Waals surface area contributed by atoms with E-state index in [9.17, 15) is 4.79 Å². The quantitative estimate of drug-likeness (QED) is 0.380. The van der Waals surface area contributed by atoms with Crippen LogP contribution in [0.25, 0.3) is 0 Å². The van der Waals surface area contributed by atoms with Gasteiger partial charge in [0.1, 0.15) is 0 Å². The van der Waals surface area contributed by atoms with Crippen molar-refractivity contribution in [2.75, 3.05) is 6.61 Å². The number of carbonyl (C=O) groups excluding carboxylic acids is 1. The van der Waals surface area contributed by atoms with Gasteiger partial charge in [-0.05, 0) is 6.08 Å². The maximum Gasteiger partial charge on any atom is 0.305 e. The number of carbonyl (C=O) groups is 1. The molecule has 1 unspecified atom stereocenters. The number of rotatable bonds is 1. The summed E-state index contributed by atoms with van der Waals surface area (Å²) in [7, 11) is 0. The zero-order valence-corrected chi connectivity index (χ0v) is 5.16. The van der Waals surface area contributed by atoms with Crippen LogP contribution in [0.4, 0.5) is 0 Å². The first-order chi connectivity index (χ1) is 4.29. The second-order valence-electron chi connectivity index (χ2n) is 1.74. The van der Waals surface area contributed by atoms with E-state index in [1.807, 2.05) is 6.08 Å². The van der Waals surface area contributed by atoms with Crippen LogP contribution >= 0.6 is 0 Å². The number of hydrogen-bond donors (Lipinski definition) is 0. The molecule has 0 radical (unpaired) electrons. The second kappa shape index (κ2) is 2.64. The van der Waals surface area contributed by atoms with Crippen LogP contribution in [0.2, 0.25) is 0 Å². The molecule has 0 aromatic rings. The topological polar surface area (TPSA) is 35.5 Å². The maximum atomic E-state index is 10.3. The van der Waals surface area contributed by atoms with Crippen molar-refractivity contribution in [3.05, 3.63) is 12.2 Å². The van der Waals surface area contributed by atoms with Crippen molar-refractivity contribution >= 4 is 5.97 Å². The van der Waals surface area contributed by atoms with Crippen molar-refractivity contribution < 1.29 is 14.3 Å². The first-order valence-electron chi connectivity index (χ1n) is 2.74. The fourth-order valence-electron chi connectivity index (χ4n) is 0.609. The third-order valence-corrected chi connectivity index (χ3v) is 0.932. The molecule has 1 atom stereocenters. The van der Waals surface area contributed by atoms with Gasteiger partial charge in [-0.25, -0.2) is 0 Å². The van der Waals surface area contributed by atoms with Gasteiger partial charge < -0.3 is 9.47 Å². The number of ether oxygens (including phenoxy) is 2. The van der Waals surface area contributed by atoms with Gasteiger partial charge >= 0.3 is 5.97 Å². The number of hydrogen-bond acceptors (Lipinski definition) is 3. The largest absolute Gasteiger partial charge is 0.432 e. The van der Waals surface area contributed by atoms with E-state index < -0.39 is 6.29 Å². The molecule has 50 valence electrons. The van der Waals surface area contributed by atoms with Crippen molar-refractivity contribution in [1.82, 2.24) is 0 Å². The molecule has 0 amide bonds. The summed E-state index contributed by atoms with van der Waals surface area (Å²) in [5.74, 6) is -0.313. The first-order valence-corrected chi connectivity index (χ1v) is 2.74. The van der Waals surface area contributed by atoms with Crippen LogP contribution in [0.1, 0.15) is 6.92 Å². The summed E-state index contributed by atoms with van der Waals surface area (Å²) in [6, 6.07) is 0. The smallest absolute Gasteiger partial charge is 0.305 e. The summed E-state index contributed by atoms with van der Waals surface area (Å²) in [5.41, 5.74) is 0. The highest BCUT2D eigenvalue weighted by Crippen LogP contribution is 2.03. The Hall–Kier alpha value is -0.830. The normalized spacial score (nSPS) is 24.3. The molecule has 0 saturated heterocycles. The molecule has 0 aromatic carbocycles. The van der Waals surface area contributed by atoms with Crippen molar-refractivity contribution in [1.29, 1.82) is 0 Å². The Morgan fingerprint density at radius 2 is 2.67 bits per heavy atom. The Morgan fingerprint density at radius 3 is 3.11 bits per heavy atom. The molecular formula is C6H8O3. The van der Waals surface area contributed by atoms with Gasteiger partial charge in [0, 0.05) is 6.92 Å². The molecule has 1 heterocycles. The van der Waals surface area contributed by atoms with E-state index in [1.165, 1.54) is 6.92 Å². The summed E-state index contributed by atoms with van der Waals surface area (Å²) in [6.07, 6.45) is 3.08. The van der Waals surface area contributed by atoms with Gasteiger partial charge in [0.15, 0.2) is 0 Å². The molecule has 3 heteroatoms. The molecule has 0 N–H and O–H groups in total. The van der Waals surface area contributed by atoms with Crippen molar-refractivity contribution in [2.45, 2.75) is 13.2 Å². The molecule has 3 nitrogen and oxygen atoms in total. The van der Waals surface area contributed by atoms with Crippen LogP contribution in [0, 0.1) is 0 Å². The van der Waals surface area contributed by atoms with Gasteiger partial charge in [0.05, 0.1) is 6.61 Å². The Labute approximate surface area is 53.3 Å². The zero-order valence-electron chi connectivity index (χ0n) is 5.16. The predicted octanol–water partition coefficient (Wildman–Crippen LogP) is 0.462. The summed E-state index contributed by atoms with van der Waals surface area (Å²) in [4.78, 5) is 10.3. The fraction of sp³-hybridized carbons (Fsp3) is 0.500. The average molecular weight is 128 g/mol. The molecule has 1 rings (SSSR count). The first kappa shape index (κ1) is 6.29. The lowest BCUT2D eigenvalue weighted by molar-refractivity contribution is -0.161. The minimum absolute atomic E-state index is 0.313. The summed E-state index contributed by atoms with van der Waals surface area (Å²) in [6.45, 7) is 1.90. The lowest BCUT2D eigenvalue weighted by Crippen LogP contribution is -2.13. The number of esters is 1. The van der Waals surface area contributed by atoms with Gasteiger partial charge in [0.25, 0.3) is 0 Å². The molecule has 0 aromatic heterocycles. The highest BCUT2D eigenvalue weighted by Gasteiger charge is 2.10. The predicted molar refractivity (Wildman–Crippen MR) is 30.6 cm³/mol. The third-order valence-electron chi connectivity index (χ3n) is 0.932. The van der Waals surface area contributed by atoms with E-state index in [0.717, 1.165) is 0 Å². The summed E-state index contributed by atoms with van der Waals surface area (Å²) >= 11 is 0. The standard InChI is InChI=1S/C6H8O3/c1-5(7)9-6-3-2-4-8-6/h2-3,6H,4H2,1H3. The Balaban J connectivity index is 2.28. The summed E-state index contributed by atoms with van der Waals surface area (Å²) in [5, 5.41) is 0. The molecule has 0 aliphatic carbocycles. The molecule has 0 bridgehead atoms. The van der Waals surface area contributed by atoms with Gasteiger partial charge in [0.2, 0.25) is 6.29 Å². The Morgan fingerprint density at radius 1 is 1.89 bits per heavy atom. The summed E-state index contributed by atoms with van der Waals surface area (Å²) < 4.78 is 9.57. The minimum atomic E-state index is -0.442. The fourth-order valence-corrected chi connectivity index (χ4v) is 0.609. The van der Waals surface area contributed by atoms with Gasteiger partial charge in [-0.3, -0.25) is 4.79 Å². The van der Waals surface area contributed by atoms with Gasteiger partial charge in [-0.1, -0.05) is 6.08 Å². The highest BCUT2D eigenvalue weighted by atomic mass is 16.7. The molecule has 9 heavy (non-hydrogen) atoms. The second-order valence-corrected chi connectivity index (χ2v) is 1.74. The Kier molecular flexibility index (Phi) is 1.85. The van der Waals surface area contributed by atoms with Crippen LogP contribution in [0.5, 0.6) is 0 Å². The molecule has 0 spiro atoms. The van der Waals surface area contributed by atoms with E-state index in [-0.39, 0.29) is 5.97 Å². The van der Waals surface area contributed by atoms with Crippen LogP contribution in [-0.4, -0.2) is 18.9 Å². The highest BCUT2D eigenvalue weighted by molar-refractivity contribution is 5.66. The van der Waals surface area contributed by atoms with Crippen LogP contribution in [0.3, 0.4) is 0 Å². The lowest BCUT2D eigenvalue weighted by Gasteiger charge is -2.06. The van der Waals surface area contributed by atoms with E-state index in [4.69, 9.17) is 4.74 Å². The lowest BCUT2D eigenvalue weighted by atomic mass is 10.5. The maximum absolute atomic E-state index is 10.3. The third kappa shape index (κ3) is 1.85. The van der Waals surface area contributed by atoms with Crippen molar-refractivity contribution in [3.63, 3.8) is 0 Å². The van der Waals surface area contributed by atoms with Crippen molar-refractivity contribution in [2.24, 2.45) is 0 Å². The molecule has 0 fully saturated rings. The van der Waals surface area contributed by atoms with E-state index in [2.05, 4.69) is 4.74 Å². The van der Waals surface area contributed by atoms with E-state index in [1.54, 1.807) is 6.08 Å². The molecular weight excluding hydrogens is 120 g/mol. The van der Waals surface area contributed by atoms with E-state index >= 15 is 0 Å². The van der Waals surface area contributed by atoms with E-state index in [0.29, 0.717) is 6.61 Å². The van der Waals surface area contributed by atoms with Crippen molar-refractivity contribution in [3.8, 4) is 0 Å². The van der Waals surface area contributed by atoms with Crippen LogP contribution in [0.15, 0.2) is 12.2 Å². The Bertz CT molecular complexity index is 139. The molecule has 0 saturated carbocycles. The monoisotopic (exact) mass is 128 g/mol. The average Bonchev–Trinajstić information content (AvgIpc) is 2.15.